The van der Waals surface area contributed by atoms with Crippen LogP contribution in [-0.4, -0.2) is 38.3 Å². The Hall–Kier alpha value is -2.89. The third-order valence-electron chi connectivity index (χ3n) is 4.67. The van der Waals surface area contributed by atoms with Crippen molar-refractivity contribution in [1.29, 1.82) is 5.26 Å². The number of rotatable bonds is 6. The zero-order chi connectivity index (χ0) is 20.7. The van der Waals surface area contributed by atoms with Crippen LogP contribution in [0.3, 0.4) is 0 Å². The van der Waals surface area contributed by atoms with Gasteiger partial charge in [0.15, 0.2) is 6.61 Å². The van der Waals surface area contributed by atoms with Crippen molar-refractivity contribution in [3.05, 3.63) is 54.1 Å². The smallest absolute Gasteiger partial charge is 0.262 e. The van der Waals surface area contributed by atoms with Crippen molar-refractivity contribution in [2.45, 2.75) is 30.6 Å². The molecule has 3 rings (SSSR count). The maximum atomic E-state index is 12.8. The van der Waals surface area contributed by atoms with Crippen LogP contribution in [0.25, 0.3) is 0 Å². The highest BCUT2D eigenvalue weighted by atomic mass is 32.2. The molecular formula is C21H23N3O4S. The predicted octanol–water partition coefficient (Wildman–Crippen LogP) is 3.14. The Bertz CT molecular complexity index is 989. The maximum absolute atomic E-state index is 12.8. The molecule has 1 N–H and O–H groups in total. The van der Waals surface area contributed by atoms with Crippen LogP contribution in [0.15, 0.2) is 53.4 Å². The second-order valence-corrected chi connectivity index (χ2v) is 8.76. The topological polar surface area (TPSA) is 99.5 Å². The Morgan fingerprint density at radius 2 is 1.76 bits per heavy atom. The van der Waals surface area contributed by atoms with Gasteiger partial charge in [-0.05, 0) is 55.3 Å². The Balaban J connectivity index is 1.57. The summed E-state index contributed by atoms with van der Waals surface area (Å²) in [5, 5.41) is 11.5. The van der Waals surface area contributed by atoms with E-state index in [2.05, 4.69) is 5.32 Å². The zero-order valence-corrected chi connectivity index (χ0v) is 16.8. The summed E-state index contributed by atoms with van der Waals surface area (Å²) in [5.74, 6) is 0.0297. The molecule has 0 aliphatic carbocycles. The van der Waals surface area contributed by atoms with Crippen molar-refractivity contribution >= 4 is 21.6 Å². The van der Waals surface area contributed by atoms with E-state index in [1.165, 1.54) is 12.1 Å². The summed E-state index contributed by atoms with van der Waals surface area (Å²) in [5.41, 5.74) is 0.960. The average molecular weight is 413 g/mol. The highest BCUT2D eigenvalue weighted by Crippen LogP contribution is 2.22. The number of ether oxygens (including phenoxy) is 1. The highest BCUT2D eigenvalue weighted by molar-refractivity contribution is 7.89. The number of nitrogens with zero attached hydrogens (tertiary/aromatic N) is 2. The SMILES string of the molecule is N#Cc1cccc(NC(=O)COc2ccc(S(=O)(=O)N3CCCCCC3)cc2)c1. The summed E-state index contributed by atoms with van der Waals surface area (Å²) < 4.78 is 32.5. The lowest BCUT2D eigenvalue weighted by atomic mass is 10.2. The van der Waals surface area contributed by atoms with E-state index in [9.17, 15) is 13.2 Å². The first-order valence-corrected chi connectivity index (χ1v) is 11.0. The van der Waals surface area contributed by atoms with Crippen LogP contribution in [-0.2, 0) is 14.8 Å². The molecule has 1 fully saturated rings. The van der Waals surface area contributed by atoms with Crippen LogP contribution >= 0.6 is 0 Å². The number of amides is 1. The molecule has 1 amide bonds. The molecule has 0 saturated carbocycles. The molecule has 0 aromatic heterocycles. The molecule has 0 unspecified atom stereocenters. The summed E-state index contributed by atoms with van der Waals surface area (Å²) in [4.78, 5) is 12.3. The molecule has 1 saturated heterocycles. The van der Waals surface area contributed by atoms with E-state index in [0.717, 1.165) is 25.7 Å². The molecular weight excluding hydrogens is 390 g/mol. The van der Waals surface area contributed by atoms with Gasteiger partial charge in [0.1, 0.15) is 5.75 Å². The van der Waals surface area contributed by atoms with E-state index in [1.54, 1.807) is 40.7 Å². The lowest BCUT2D eigenvalue weighted by Gasteiger charge is -2.20. The minimum Gasteiger partial charge on any atom is -0.484 e. The first-order chi connectivity index (χ1) is 14.0. The molecule has 1 aliphatic rings. The number of nitriles is 1. The summed E-state index contributed by atoms with van der Waals surface area (Å²) in [6.45, 7) is 0.872. The zero-order valence-electron chi connectivity index (χ0n) is 16.0. The van der Waals surface area contributed by atoms with E-state index in [0.29, 0.717) is 30.1 Å². The number of hydrogen-bond donors (Lipinski definition) is 1. The van der Waals surface area contributed by atoms with Gasteiger partial charge in [-0.2, -0.15) is 9.57 Å². The molecule has 2 aromatic carbocycles. The van der Waals surface area contributed by atoms with Crippen LogP contribution in [0.4, 0.5) is 5.69 Å². The molecule has 152 valence electrons. The van der Waals surface area contributed by atoms with Gasteiger partial charge >= 0.3 is 0 Å². The van der Waals surface area contributed by atoms with Gasteiger partial charge in [0.2, 0.25) is 10.0 Å². The fourth-order valence-electron chi connectivity index (χ4n) is 3.15. The molecule has 1 heterocycles. The van der Waals surface area contributed by atoms with Crippen LogP contribution in [0.2, 0.25) is 0 Å². The number of nitrogens with one attached hydrogen (secondary N) is 1. The molecule has 0 atom stereocenters. The van der Waals surface area contributed by atoms with Crippen molar-refractivity contribution in [2.75, 3.05) is 25.0 Å². The number of carbonyl (C=O) groups is 1. The predicted molar refractivity (Wildman–Crippen MR) is 109 cm³/mol. The van der Waals surface area contributed by atoms with Gasteiger partial charge in [0.25, 0.3) is 5.91 Å². The monoisotopic (exact) mass is 413 g/mol. The molecule has 29 heavy (non-hydrogen) atoms. The highest BCUT2D eigenvalue weighted by Gasteiger charge is 2.25. The molecule has 1 aliphatic heterocycles. The largest absolute Gasteiger partial charge is 0.484 e. The number of anilines is 1. The minimum atomic E-state index is -3.51. The lowest BCUT2D eigenvalue weighted by Crippen LogP contribution is -2.31. The Morgan fingerprint density at radius 1 is 1.07 bits per heavy atom. The van der Waals surface area contributed by atoms with Crippen molar-refractivity contribution in [3.63, 3.8) is 0 Å². The maximum Gasteiger partial charge on any atom is 0.262 e. The van der Waals surface area contributed by atoms with Gasteiger partial charge < -0.3 is 10.1 Å². The van der Waals surface area contributed by atoms with Crippen molar-refractivity contribution in [3.8, 4) is 11.8 Å². The van der Waals surface area contributed by atoms with Gasteiger partial charge in [0, 0.05) is 18.8 Å². The third kappa shape index (κ3) is 5.56. The molecule has 0 bridgehead atoms. The van der Waals surface area contributed by atoms with Crippen molar-refractivity contribution in [2.24, 2.45) is 0 Å². The van der Waals surface area contributed by atoms with E-state index in [-0.39, 0.29) is 17.4 Å². The molecule has 2 aromatic rings. The second kappa shape index (κ2) is 9.54. The van der Waals surface area contributed by atoms with E-state index in [1.807, 2.05) is 6.07 Å². The summed E-state index contributed by atoms with van der Waals surface area (Å²) in [6.07, 6.45) is 3.88. The quantitative estimate of drug-likeness (QED) is 0.784. The van der Waals surface area contributed by atoms with Crippen molar-refractivity contribution in [1.82, 2.24) is 4.31 Å². The normalized spacial score (nSPS) is 15.1. The summed E-state index contributed by atoms with van der Waals surface area (Å²) in [7, 11) is -3.51. The van der Waals surface area contributed by atoms with Gasteiger partial charge in [-0.3, -0.25) is 4.79 Å². The fraction of sp³-hybridized carbons (Fsp3) is 0.333. The van der Waals surface area contributed by atoms with Gasteiger partial charge in [-0.15, -0.1) is 0 Å². The lowest BCUT2D eigenvalue weighted by molar-refractivity contribution is -0.118. The number of benzene rings is 2. The molecule has 8 heteroatoms. The third-order valence-corrected chi connectivity index (χ3v) is 6.58. The van der Waals surface area contributed by atoms with E-state index < -0.39 is 10.0 Å². The van der Waals surface area contributed by atoms with Crippen LogP contribution in [0, 0.1) is 11.3 Å². The Kier molecular flexibility index (Phi) is 6.86. The second-order valence-electron chi connectivity index (χ2n) is 6.82. The number of hydrogen-bond acceptors (Lipinski definition) is 5. The molecule has 0 radical (unpaired) electrons. The van der Waals surface area contributed by atoms with E-state index in [4.69, 9.17) is 10.00 Å². The minimum absolute atomic E-state index is 0.226. The summed E-state index contributed by atoms with van der Waals surface area (Å²) >= 11 is 0. The molecule has 7 nitrogen and oxygen atoms in total. The first-order valence-electron chi connectivity index (χ1n) is 9.52. The van der Waals surface area contributed by atoms with Gasteiger partial charge in [0.05, 0.1) is 16.5 Å². The standard InChI is InChI=1S/C21H23N3O4S/c22-15-17-6-5-7-18(14-17)23-21(25)16-28-19-8-10-20(11-9-19)29(26,27)24-12-3-1-2-4-13-24/h5-11,14H,1-4,12-13,16H2,(H,23,25). The van der Waals surface area contributed by atoms with Crippen LogP contribution in [0.1, 0.15) is 31.2 Å². The average Bonchev–Trinajstić information content (AvgIpc) is 3.03. The fourth-order valence-corrected chi connectivity index (χ4v) is 4.67. The van der Waals surface area contributed by atoms with E-state index >= 15 is 0 Å². The molecule has 0 spiro atoms. The Labute approximate surface area is 171 Å². The Morgan fingerprint density at radius 3 is 2.41 bits per heavy atom. The van der Waals surface area contributed by atoms with Crippen LogP contribution in [0.5, 0.6) is 5.75 Å². The number of carbonyl (C=O) groups excluding carboxylic acids is 1. The first kappa shape index (κ1) is 20.8. The van der Waals surface area contributed by atoms with Crippen LogP contribution < -0.4 is 10.1 Å². The van der Waals surface area contributed by atoms with Gasteiger partial charge in [-0.25, -0.2) is 8.42 Å². The van der Waals surface area contributed by atoms with Crippen molar-refractivity contribution < 1.29 is 17.9 Å². The van der Waals surface area contributed by atoms with Gasteiger partial charge in [-0.1, -0.05) is 18.9 Å². The number of sulfonamides is 1. The summed E-state index contributed by atoms with van der Waals surface area (Å²) in [6, 6.07) is 14.7.